The van der Waals surface area contributed by atoms with Gasteiger partial charge in [-0.1, -0.05) is 48.5 Å². The quantitative estimate of drug-likeness (QED) is 0.274. The Bertz CT molecular complexity index is 1160. The van der Waals surface area contributed by atoms with Crippen LogP contribution in [0.15, 0.2) is 78.9 Å². The third-order valence-corrected chi connectivity index (χ3v) is 5.86. The van der Waals surface area contributed by atoms with Gasteiger partial charge < -0.3 is 9.47 Å². The summed E-state index contributed by atoms with van der Waals surface area (Å²) >= 11 is 1.71. The van der Waals surface area contributed by atoms with E-state index >= 15 is 0 Å². The zero-order valence-electron chi connectivity index (χ0n) is 16.2. The summed E-state index contributed by atoms with van der Waals surface area (Å²) < 4.78 is 12.4. The molecular formula is C25H20O3S. The summed E-state index contributed by atoms with van der Waals surface area (Å²) in [6.07, 6.45) is 3.37. The molecule has 0 aliphatic rings. The lowest BCUT2D eigenvalue weighted by atomic mass is 10.0. The van der Waals surface area contributed by atoms with E-state index in [9.17, 15) is 4.79 Å². The SMILES string of the molecule is COc1cc(OC)c(-c2cc3ccccc3s2)cc1/C=C/C(=O)c1ccccc1. The van der Waals surface area contributed by atoms with Gasteiger partial charge in [-0.25, -0.2) is 0 Å². The largest absolute Gasteiger partial charge is 0.496 e. The van der Waals surface area contributed by atoms with Crippen molar-refractivity contribution in [2.45, 2.75) is 0 Å². The number of benzene rings is 3. The lowest BCUT2D eigenvalue weighted by molar-refractivity contribution is 0.104. The summed E-state index contributed by atoms with van der Waals surface area (Å²) in [6, 6.07) is 23.5. The van der Waals surface area contributed by atoms with Crippen molar-refractivity contribution in [2.24, 2.45) is 0 Å². The molecule has 0 fully saturated rings. The molecule has 0 bridgehead atoms. The lowest BCUT2D eigenvalue weighted by Crippen LogP contribution is -1.95. The predicted molar refractivity (Wildman–Crippen MR) is 120 cm³/mol. The van der Waals surface area contributed by atoms with E-state index in [2.05, 4.69) is 18.2 Å². The fraction of sp³-hybridized carbons (Fsp3) is 0.0800. The van der Waals surface area contributed by atoms with Gasteiger partial charge in [0.1, 0.15) is 11.5 Å². The van der Waals surface area contributed by atoms with E-state index < -0.39 is 0 Å². The molecule has 4 heteroatoms. The van der Waals surface area contributed by atoms with Crippen LogP contribution >= 0.6 is 11.3 Å². The van der Waals surface area contributed by atoms with Crippen LogP contribution in [0.3, 0.4) is 0 Å². The molecule has 0 spiro atoms. The number of methoxy groups -OCH3 is 2. The molecule has 0 unspecified atom stereocenters. The molecule has 1 aromatic heterocycles. The van der Waals surface area contributed by atoms with Gasteiger partial charge >= 0.3 is 0 Å². The first kappa shape index (κ1) is 19.0. The Labute approximate surface area is 173 Å². The number of ketones is 1. The summed E-state index contributed by atoms with van der Waals surface area (Å²) in [7, 11) is 3.27. The Hall–Kier alpha value is -3.37. The number of ether oxygens (including phenoxy) is 2. The van der Waals surface area contributed by atoms with E-state index in [1.807, 2.05) is 42.5 Å². The number of allylic oxidation sites excluding steroid dienone is 1. The van der Waals surface area contributed by atoms with E-state index in [-0.39, 0.29) is 5.78 Å². The molecule has 29 heavy (non-hydrogen) atoms. The van der Waals surface area contributed by atoms with Crippen LogP contribution in [0.1, 0.15) is 15.9 Å². The first-order valence-electron chi connectivity index (χ1n) is 9.22. The fourth-order valence-corrected chi connectivity index (χ4v) is 4.31. The molecule has 0 aliphatic carbocycles. The minimum Gasteiger partial charge on any atom is -0.496 e. The lowest BCUT2D eigenvalue weighted by Gasteiger charge is -2.12. The molecular weight excluding hydrogens is 380 g/mol. The van der Waals surface area contributed by atoms with E-state index in [0.29, 0.717) is 11.3 Å². The molecule has 0 saturated heterocycles. The van der Waals surface area contributed by atoms with Crippen LogP contribution in [0.4, 0.5) is 0 Å². The van der Waals surface area contributed by atoms with Gasteiger partial charge in [-0.05, 0) is 35.7 Å². The molecule has 0 amide bonds. The van der Waals surface area contributed by atoms with Crippen LogP contribution in [0.25, 0.3) is 26.6 Å². The molecule has 4 rings (SSSR count). The number of rotatable bonds is 6. The topological polar surface area (TPSA) is 35.5 Å². The van der Waals surface area contributed by atoms with Crippen molar-refractivity contribution in [2.75, 3.05) is 14.2 Å². The second kappa shape index (κ2) is 8.33. The van der Waals surface area contributed by atoms with Gasteiger partial charge in [-0.15, -0.1) is 11.3 Å². The van der Waals surface area contributed by atoms with Gasteiger partial charge in [0.2, 0.25) is 0 Å². The third-order valence-electron chi connectivity index (χ3n) is 4.72. The smallest absolute Gasteiger partial charge is 0.185 e. The van der Waals surface area contributed by atoms with E-state index in [1.165, 1.54) is 10.1 Å². The van der Waals surface area contributed by atoms with Crippen molar-refractivity contribution in [1.82, 2.24) is 0 Å². The monoisotopic (exact) mass is 400 g/mol. The van der Waals surface area contributed by atoms with Gasteiger partial charge in [-0.3, -0.25) is 4.79 Å². The highest BCUT2D eigenvalue weighted by Gasteiger charge is 2.14. The highest BCUT2D eigenvalue weighted by Crippen LogP contribution is 2.41. The van der Waals surface area contributed by atoms with E-state index in [1.54, 1.807) is 49.8 Å². The Morgan fingerprint density at radius 3 is 2.31 bits per heavy atom. The van der Waals surface area contributed by atoms with Crippen LogP contribution in [0, 0.1) is 0 Å². The first-order valence-corrected chi connectivity index (χ1v) is 10.0. The average molecular weight is 400 g/mol. The molecule has 0 saturated carbocycles. The van der Waals surface area contributed by atoms with Crippen molar-refractivity contribution in [3.05, 3.63) is 90.0 Å². The third kappa shape index (κ3) is 3.93. The molecule has 3 aromatic carbocycles. The molecule has 0 radical (unpaired) electrons. The number of fused-ring (bicyclic) bond motifs is 1. The Morgan fingerprint density at radius 2 is 1.59 bits per heavy atom. The minimum atomic E-state index is -0.0492. The Morgan fingerprint density at radius 1 is 0.862 bits per heavy atom. The standard InChI is InChI=1S/C25H20O3S/c1-27-22-16-23(28-2)20(25-15-19-10-6-7-11-24(19)29-25)14-18(22)12-13-21(26)17-8-4-3-5-9-17/h3-16H,1-2H3/b13-12+. The number of thiophene rings is 1. The summed E-state index contributed by atoms with van der Waals surface area (Å²) in [5.41, 5.74) is 2.45. The zero-order valence-corrected chi connectivity index (χ0v) is 17.0. The van der Waals surface area contributed by atoms with Crippen molar-refractivity contribution in [3.63, 3.8) is 0 Å². The van der Waals surface area contributed by atoms with Crippen LogP contribution < -0.4 is 9.47 Å². The molecule has 1 heterocycles. The number of carbonyl (C=O) groups excluding carboxylic acids is 1. The van der Waals surface area contributed by atoms with Crippen LogP contribution in [-0.4, -0.2) is 20.0 Å². The maximum atomic E-state index is 12.5. The van der Waals surface area contributed by atoms with Crippen molar-refractivity contribution in [1.29, 1.82) is 0 Å². The minimum absolute atomic E-state index is 0.0492. The number of hydrogen-bond donors (Lipinski definition) is 0. The Kier molecular flexibility index (Phi) is 5.45. The summed E-state index contributed by atoms with van der Waals surface area (Å²) in [5.74, 6) is 1.34. The maximum absolute atomic E-state index is 12.5. The summed E-state index contributed by atoms with van der Waals surface area (Å²) in [6.45, 7) is 0. The van der Waals surface area contributed by atoms with Crippen LogP contribution in [-0.2, 0) is 0 Å². The van der Waals surface area contributed by atoms with Gasteiger partial charge in [0.15, 0.2) is 5.78 Å². The van der Waals surface area contributed by atoms with Gasteiger partial charge in [0.05, 0.1) is 14.2 Å². The van der Waals surface area contributed by atoms with Gasteiger partial charge in [0.25, 0.3) is 0 Å². The molecule has 0 N–H and O–H groups in total. The molecule has 0 atom stereocenters. The second-order valence-corrected chi connectivity index (χ2v) is 7.59. The van der Waals surface area contributed by atoms with Gasteiger partial charge in [0, 0.05) is 32.3 Å². The normalized spacial score (nSPS) is 11.1. The molecule has 3 nitrogen and oxygen atoms in total. The second-order valence-electron chi connectivity index (χ2n) is 6.51. The average Bonchev–Trinajstić information content (AvgIpc) is 3.21. The molecule has 0 aliphatic heterocycles. The summed E-state index contributed by atoms with van der Waals surface area (Å²) in [5, 5.41) is 1.20. The van der Waals surface area contributed by atoms with Crippen molar-refractivity contribution >= 4 is 33.3 Å². The Balaban J connectivity index is 1.76. The maximum Gasteiger partial charge on any atom is 0.185 e. The van der Waals surface area contributed by atoms with Gasteiger partial charge in [-0.2, -0.15) is 0 Å². The van der Waals surface area contributed by atoms with Crippen molar-refractivity contribution < 1.29 is 14.3 Å². The number of hydrogen-bond acceptors (Lipinski definition) is 4. The first-order chi connectivity index (χ1) is 14.2. The van der Waals surface area contributed by atoms with E-state index in [4.69, 9.17) is 9.47 Å². The zero-order chi connectivity index (χ0) is 20.2. The van der Waals surface area contributed by atoms with Crippen molar-refractivity contribution in [3.8, 4) is 21.9 Å². The fourth-order valence-electron chi connectivity index (χ4n) is 3.23. The molecule has 4 aromatic rings. The highest BCUT2D eigenvalue weighted by molar-refractivity contribution is 7.22. The summed E-state index contributed by atoms with van der Waals surface area (Å²) in [4.78, 5) is 13.6. The van der Waals surface area contributed by atoms with Crippen LogP contribution in [0.2, 0.25) is 0 Å². The highest BCUT2D eigenvalue weighted by atomic mass is 32.1. The van der Waals surface area contributed by atoms with Crippen LogP contribution in [0.5, 0.6) is 11.5 Å². The molecule has 144 valence electrons. The number of carbonyl (C=O) groups is 1. The predicted octanol–water partition coefficient (Wildman–Crippen LogP) is 6.48. The van der Waals surface area contributed by atoms with E-state index in [0.717, 1.165) is 21.8 Å².